The molecule has 0 saturated heterocycles. The quantitative estimate of drug-likeness (QED) is 0.911. The van der Waals surface area contributed by atoms with E-state index in [1.54, 1.807) is 7.11 Å². The van der Waals surface area contributed by atoms with E-state index in [4.69, 9.17) is 16.3 Å². The third-order valence-electron chi connectivity index (χ3n) is 2.08. The molecule has 0 unspecified atom stereocenters. The Labute approximate surface area is 106 Å². The first-order chi connectivity index (χ1) is 7.70. The maximum Gasteiger partial charge on any atom is 0.160 e. The zero-order valence-corrected chi connectivity index (χ0v) is 10.8. The van der Waals surface area contributed by atoms with Gasteiger partial charge in [0.1, 0.15) is 10.9 Å². The second-order valence-electron chi connectivity index (χ2n) is 3.12. The summed E-state index contributed by atoms with van der Waals surface area (Å²) in [6, 6.07) is 5.70. The number of nitrogens with zero attached hydrogens (tertiary/aromatic N) is 2. The van der Waals surface area contributed by atoms with E-state index in [0.717, 1.165) is 15.8 Å². The van der Waals surface area contributed by atoms with Crippen molar-refractivity contribution in [3.8, 4) is 5.75 Å². The van der Waals surface area contributed by atoms with E-state index in [2.05, 4.69) is 31.4 Å². The molecule has 1 aliphatic rings. The normalized spacial score (nSPS) is 14.9. The molecule has 0 spiro atoms. The standard InChI is InChI=1S/C10H9BrClN3O/c1-16-8-4-6(11)2-3-7(8)10-13-5-9(12)14-15-10/h2-4H,5H2,1H3,(H,13,15). The van der Waals surface area contributed by atoms with Gasteiger partial charge in [-0.15, -0.1) is 10.2 Å². The van der Waals surface area contributed by atoms with Crippen molar-refractivity contribution in [2.75, 3.05) is 13.7 Å². The summed E-state index contributed by atoms with van der Waals surface area (Å²) in [5.74, 6) is 1.39. The molecule has 0 aliphatic carbocycles. The Kier molecular flexibility index (Phi) is 3.46. The van der Waals surface area contributed by atoms with Crippen LogP contribution in [0.25, 0.3) is 0 Å². The van der Waals surface area contributed by atoms with Gasteiger partial charge in [0.05, 0.1) is 19.2 Å². The Bertz CT molecular complexity index is 473. The number of rotatable bonds is 2. The zero-order valence-electron chi connectivity index (χ0n) is 8.50. The van der Waals surface area contributed by atoms with Gasteiger partial charge in [-0.2, -0.15) is 0 Å². The minimum absolute atomic E-state index is 0.444. The molecule has 1 aromatic rings. The number of ether oxygens (including phenoxy) is 1. The molecule has 2 rings (SSSR count). The largest absolute Gasteiger partial charge is 0.496 e. The van der Waals surface area contributed by atoms with E-state index >= 15 is 0 Å². The smallest absolute Gasteiger partial charge is 0.160 e. The van der Waals surface area contributed by atoms with Gasteiger partial charge in [0.2, 0.25) is 0 Å². The first-order valence-corrected chi connectivity index (χ1v) is 5.75. The van der Waals surface area contributed by atoms with Crippen LogP contribution in [0.15, 0.2) is 32.9 Å². The second-order valence-corrected chi connectivity index (χ2v) is 4.47. The monoisotopic (exact) mass is 301 g/mol. The predicted octanol–water partition coefficient (Wildman–Crippen LogP) is 2.36. The Morgan fingerprint density at radius 1 is 1.44 bits per heavy atom. The van der Waals surface area contributed by atoms with Crippen molar-refractivity contribution in [3.05, 3.63) is 28.2 Å². The van der Waals surface area contributed by atoms with E-state index < -0.39 is 0 Å². The number of hydrogen-bond acceptors (Lipinski definition) is 4. The highest BCUT2D eigenvalue weighted by Crippen LogP contribution is 2.24. The number of hydrogen-bond donors (Lipinski definition) is 1. The molecule has 0 aromatic heterocycles. The van der Waals surface area contributed by atoms with Gasteiger partial charge in [-0.3, -0.25) is 0 Å². The molecule has 16 heavy (non-hydrogen) atoms. The molecule has 0 bridgehead atoms. The molecule has 0 radical (unpaired) electrons. The maximum atomic E-state index is 5.71. The van der Waals surface area contributed by atoms with Crippen LogP contribution in [0.1, 0.15) is 5.56 Å². The summed E-state index contributed by atoms with van der Waals surface area (Å²) >= 11 is 9.09. The summed E-state index contributed by atoms with van der Waals surface area (Å²) in [5, 5.41) is 11.3. The molecule has 1 N–H and O–H groups in total. The van der Waals surface area contributed by atoms with Gasteiger partial charge in [0.25, 0.3) is 0 Å². The van der Waals surface area contributed by atoms with Crippen LogP contribution in [0.5, 0.6) is 5.75 Å². The van der Waals surface area contributed by atoms with Crippen molar-refractivity contribution in [1.82, 2.24) is 5.32 Å². The molecule has 0 amide bonds. The van der Waals surface area contributed by atoms with Crippen molar-refractivity contribution < 1.29 is 4.74 Å². The van der Waals surface area contributed by atoms with Crippen LogP contribution < -0.4 is 10.1 Å². The van der Waals surface area contributed by atoms with Gasteiger partial charge in [-0.05, 0) is 18.2 Å². The fourth-order valence-corrected chi connectivity index (χ4v) is 1.79. The average Bonchev–Trinajstić information content (AvgIpc) is 2.30. The van der Waals surface area contributed by atoms with Crippen molar-refractivity contribution in [2.24, 2.45) is 10.2 Å². The van der Waals surface area contributed by atoms with E-state index in [1.165, 1.54) is 0 Å². The Balaban J connectivity index is 2.41. The Hall–Kier alpha value is -1.07. The summed E-state index contributed by atoms with van der Waals surface area (Å²) in [4.78, 5) is 0. The molecule has 6 heteroatoms. The number of halogens is 2. The van der Waals surface area contributed by atoms with Gasteiger partial charge < -0.3 is 10.1 Å². The minimum Gasteiger partial charge on any atom is -0.496 e. The lowest BCUT2D eigenvalue weighted by atomic mass is 10.2. The Morgan fingerprint density at radius 3 is 2.88 bits per heavy atom. The van der Waals surface area contributed by atoms with Gasteiger partial charge in [0.15, 0.2) is 5.84 Å². The van der Waals surface area contributed by atoms with Crippen LogP contribution in [0.4, 0.5) is 0 Å². The van der Waals surface area contributed by atoms with E-state index in [-0.39, 0.29) is 0 Å². The van der Waals surface area contributed by atoms with Crippen LogP contribution in [-0.4, -0.2) is 24.7 Å². The van der Waals surface area contributed by atoms with Crippen LogP contribution in [-0.2, 0) is 0 Å². The lowest BCUT2D eigenvalue weighted by molar-refractivity contribution is 0.413. The lowest BCUT2D eigenvalue weighted by Crippen LogP contribution is -2.31. The molecule has 0 fully saturated rings. The lowest BCUT2D eigenvalue weighted by Gasteiger charge is -2.14. The molecule has 1 aromatic carbocycles. The van der Waals surface area contributed by atoms with Crippen molar-refractivity contribution in [1.29, 1.82) is 0 Å². The maximum absolute atomic E-state index is 5.71. The summed E-state index contributed by atoms with van der Waals surface area (Å²) in [7, 11) is 1.62. The first kappa shape index (κ1) is 11.4. The van der Waals surface area contributed by atoms with Crippen molar-refractivity contribution in [2.45, 2.75) is 0 Å². The number of amidine groups is 1. The third-order valence-corrected chi connectivity index (χ3v) is 2.78. The van der Waals surface area contributed by atoms with Gasteiger partial charge >= 0.3 is 0 Å². The fraction of sp³-hybridized carbons (Fsp3) is 0.200. The molecular formula is C10H9BrClN3O. The van der Waals surface area contributed by atoms with Crippen LogP contribution >= 0.6 is 27.5 Å². The summed E-state index contributed by atoms with van der Waals surface area (Å²) < 4.78 is 6.22. The summed E-state index contributed by atoms with van der Waals surface area (Å²) in [6.45, 7) is 0.486. The number of nitrogens with one attached hydrogen (secondary N) is 1. The molecule has 0 atom stereocenters. The highest BCUT2D eigenvalue weighted by molar-refractivity contribution is 9.10. The molecule has 1 aliphatic heterocycles. The second kappa shape index (κ2) is 4.84. The van der Waals surface area contributed by atoms with Crippen LogP contribution in [0, 0.1) is 0 Å². The van der Waals surface area contributed by atoms with Crippen LogP contribution in [0.2, 0.25) is 0 Å². The minimum atomic E-state index is 0.444. The predicted molar refractivity (Wildman–Crippen MR) is 68.5 cm³/mol. The summed E-state index contributed by atoms with van der Waals surface area (Å²) in [6.07, 6.45) is 0. The SMILES string of the molecule is COc1cc(Br)ccc1C1=NN=C(Cl)CN1. The highest BCUT2D eigenvalue weighted by atomic mass is 79.9. The average molecular weight is 303 g/mol. The fourth-order valence-electron chi connectivity index (χ4n) is 1.34. The van der Waals surface area contributed by atoms with E-state index in [0.29, 0.717) is 17.6 Å². The molecular weight excluding hydrogens is 293 g/mol. The van der Waals surface area contributed by atoms with Gasteiger partial charge in [-0.1, -0.05) is 27.5 Å². The van der Waals surface area contributed by atoms with Crippen molar-refractivity contribution >= 4 is 38.5 Å². The van der Waals surface area contributed by atoms with Crippen molar-refractivity contribution in [3.63, 3.8) is 0 Å². The summed E-state index contributed by atoms with van der Waals surface area (Å²) in [5.41, 5.74) is 0.860. The molecule has 84 valence electrons. The highest BCUT2D eigenvalue weighted by Gasteiger charge is 2.13. The van der Waals surface area contributed by atoms with Gasteiger partial charge in [0, 0.05) is 4.47 Å². The van der Waals surface area contributed by atoms with Gasteiger partial charge in [-0.25, -0.2) is 0 Å². The molecule has 4 nitrogen and oxygen atoms in total. The number of methoxy groups -OCH3 is 1. The molecule has 0 saturated carbocycles. The third kappa shape index (κ3) is 2.36. The van der Waals surface area contributed by atoms with E-state index in [1.807, 2.05) is 18.2 Å². The Morgan fingerprint density at radius 2 is 2.25 bits per heavy atom. The van der Waals surface area contributed by atoms with Crippen LogP contribution in [0.3, 0.4) is 0 Å². The zero-order chi connectivity index (χ0) is 11.5. The molecule has 1 heterocycles. The van der Waals surface area contributed by atoms with E-state index in [9.17, 15) is 0 Å². The topological polar surface area (TPSA) is 46.0 Å². The first-order valence-electron chi connectivity index (χ1n) is 4.58. The number of benzene rings is 1.